The Morgan fingerprint density at radius 2 is 2.43 bits per heavy atom. The highest BCUT2D eigenvalue weighted by Gasteiger charge is 1.98. The number of rotatable bonds is 7. The van der Waals surface area contributed by atoms with Crippen LogP contribution < -0.4 is 5.32 Å². The van der Waals surface area contributed by atoms with E-state index in [1.54, 1.807) is 12.5 Å². The van der Waals surface area contributed by atoms with E-state index in [1.807, 2.05) is 17.8 Å². The topological polar surface area (TPSA) is 25.2 Å². The van der Waals surface area contributed by atoms with Gasteiger partial charge in [-0.1, -0.05) is 13.8 Å². The van der Waals surface area contributed by atoms with Gasteiger partial charge in [0.25, 0.3) is 0 Å². The zero-order valence-electron chi connectivity index (χ0n) is 8.95. The summed E-state index contributed by atoms with van der Waals surface area (Å²) in [6, 6.07) is 1.99. The molecule has 0 aliphatic heterocycles. The van der Waals surface area contributed by atoms with Crippen molar-refractivity contribution in [2.24, 2.45) is 0 Å². The minimum absolute atomic E-state index is 0.783. The van der Waals surface area contributed by atoms with Crippen LogP contribution in [0.4, 0.5) is 0 Å². The fourth-order valence-corrected chi connectivity index (χ4v) is 1.98. The molecule has 3 heteroatoms. The van der Waals surface area contributed by atoms with E-state index in [-0.39, 0.29) is 0 Å². The molecule has 1 aromatic rings. The van der Waals surface area contributed by atoms with Gasteiger partial charge in [-0.05, 0) is 12.5 Å². The van der Waals surface area contributed by atoms with Crippen LogP contribution in [0.3, 0.4) is 0 Å². The normalized spacial score (nSPS) is 13.0. The predicted octanol–water partition coefficient (Wildman–Crippen LogP) is 2.90. The zero-order chi connectivity index (χ0) is 10.2. The Labute approximate surface area is 90.5 Å². The summed E-state index contributed by atoms with van der Waals surface area (Å²) in [6.45, 7) is 6.50. The molecule has 1 unspecified atom stereocenters. The quantitative estimate of drug-likeness (QED) is 0.705. The summed E-state index contributed by atoms with van der Waals surface area (Å²) in [5, 5.41) is 4.17. The van der Waals surface area contributed by atoms with Crippen molar-refractivity contribution in [1.29, 1.82) is 0 Å². The summed E-state index contributed by atoms with van der Waals surface area (Å²) in [5.41, 5.74) is 1.22. The lowest BCUT2D eigenvalue weighted by Gasteiger charge is -2.08. The van der Waals surface area contributed by atoms with Crippen molar-refractivity contribution < 1.29 is 4.42 Å². The van der Waals surface area contributed by atoms with Gasteiger partial charge in [0.2, 0.25) is 0 Å². The summed E-state index contributed by atoms with van der Waals surface area (Å²) in [7, 11) is 0. The third-order valence-electron chi connectivity index (χ3n) is 2.17. The Bertz CT molecular complexity index is 223. The lowest BCUT2D eigenvalue weighted by Crippen LogP contribution is -2.17. The molecule has 0 saturated carbocycles. The third-order valence-corrected chi connectivity index (χ3v) is 3.51. The average Bonchev–Trinajstić information content (AvgIpc) is 2.69. The Balaban J connectivity index is 1.95. The van der Waals surface area contributed by atoms with E-state index < -0.39 is 0 Å². The van der Waals surface area contributed by atoms with Crippen LogP contribution in [0.1, 0.15) is 25.8 Å². The van der Waals surface area contributed by atoms with E-state index in [1.165, 1.54) is 17.7 Å². The Hall–Kier alpha value is -0.410. The second-order valence-electron chi connectivity index (χ2n) is 3.40. The van der Waals surface area contributed by atoms with Crippen molar-refractivity contribution >= 4 is 11.8 Å². The van der Waals surface area contributed by atoms with Gasteiger partial charge in [-0.15, -0.1) is 0 Å². The first-order chi connectivity index (χ1) is 6.83. The molecule has 0 aliphatic rings. The van der Waals surface area contributed by atoms with Gasteiger partial charge >= 0.3 is 0 Å². The van der Waals surface area contributed by atoms with Crippen LogP contribution in [0, 0.1) is 0 Å². The molecule has 1 rings (SSSR count). The van der Waals surface area contributed by atoms with E-state index in [2.05, 4.69) is 19.2 Å². The van der Waals surface area contributed by atoms with Gasteiger partial charge in [-0.3, -0.25) is 0 Å². The molecule has 1 N–H and O–H groups in total. The molecule has 0 aromatic carbocycles. The first-order valence-corrected chi connectivity index (χ1v) is 6.21. The molecule has 0 radical (unpaired) electrons. The lowest BCUT2D eigenvalue weighted by atomic mass is 10.3. The van der Waals surface area contributed by atoms with Crippen molar-refractivity contribution in [2.45, 2.75) is 32.1 Å². The number of thioether (sulfide) groups is 1. The largest absolute Gasteiger partial charge is 0.472 e. The highest BCUT2D eigenvalue weighted by atomic mass is 32.2. The standard InChI is InChI=1S/C11H19NOS/c1-3-10(2)14-7-5-12-8-11-4-6-13-9-11/h4,6,9-10,12H,3,5,7-8H2,1-2H3. The number of hydrogen-bond acceptors (Lipinski definition) is 3. The van der Waals surface area contributed by atoms with E-state index in [0.29, 0.717) is 0 Å². The number of nitrogens with one attached hydrogen (secondary N) is 1. The van der Waals surface area contributed by atoms with Crippen molar-refractivity contribution in [3.63, 3.8) is 0 Å². The van der Waals surface area contributed by atoms with Crippen molar-refractivity contribution in [3.8, 4) is 0 Å². The number of hydrogen-bond donors (Lipinski definition) is 1. The first-order valence-electron chi connectivity index (χ1n) is 5.16. The maximum atomic E-state index is 4.98. The van der Waals surface area contributed by atoms with Crippen LogP contribution in [0.2, 0.25) is 0 Å². The van der Waals surface area contributed by atoms with Gasteiger partial charge in [-0.2, -0.15) is 11.8 Å². The fourth-order valence-electron chi connectivity index (χ4n) is 1.08. The van der Waals surface area contributed by atoms with Crippen LogP contribution >= 0.6 is 11.8 Å². The van der Waals surface area contributed by atoms with E-state index in [9.17, 15) is 0 Å². The Morgan fingerprint density at radius 3 is 3.07 bits per heavy atom. The van der Waals surface area contributed by atoms with Crippen LogP contribution in [-0.4, -0.2) is 17.5 Å². The van der Waals surface area contributed by atoms with Crippen LogP contribution in [-0.2, 0) is 6.54 Å². The molecule has 80 valence electrons. The summed E-state index contributed by atoms with van der Waals surface area (Å²) in [6.07, 6.45) is 4.76. The summed E-state index contributed by atoms with van der Waals surface area (Å²) >= 11 is 2.03. The molecule has 1 heterocycles. The van der Waals surface area contributed by atoms with E-state index >= 15 is 0 Å². The number of furan rings is 1. The Morgan fingerprint density at radius 1 is 1.57 bits per heavy atom. The molecule has 0 saturated heterocycles. The lowest BCUT2D eigenvalue weighted by molar-refractivity contribution is 0.561. The molecule has 1 atom stereocenters. The van der Waals surface area contributed by atoms with Crippen LogP contribution in [0.15, 0.2) is 23.0 Å². The minimum atomic E-state index is 0.783. The van der Waals surface area contributed by atoms with Gasteiger partial charge in [-0.25, -0.2) is 0 Å². The SMILES string of the molecule is CCC(C)SCCNCc1ccoc1. The monoisotopic (exact) mass is 213 g/mol. The highest BCUT2D eigenvalue weighted by Crippen LogP contribution is 2.12. The van der Waals surface area contributed by atoms with Gasteiger partial charge < -0.3 is 9.73 Å². The molecule has 1 aromatic heterocycles. The third kappa shape index (κ3) is 4.72. The van der Waals surface area contributed by atoms with Gasteiger partial charge in [0.15, 0.2) is 0 Å². The van der Waals surface area contributed by atoms with Crippen molar-refractivity contribution in [2.75, 3.05) is 12.3 Å². The second kappa shape index (κ2) is 6.96. The molecule has 0 amide bonds. The molecular formula is C11H19NOS. The van der Waals surface area contributed by atoms with Gasteiger partial charge in [0, 0.05) is 29.7 Å². The van der Waals surface area contributed by atoms with Crippen LogP contribution in [0.5, 0.6) is 0 Å². The molecule has 0 fully saturated rings. The van der Waals surface area contributed by atoms with Gasteiger partial charge in [0.1, 0.15) is 0 Å². The zero-order valence-corrected chi connectivity index (χ0v) is 9.77. The fraction of sp³-hybridized carbons (Fsp3) is 0.636. The summed E-state index contributed by atoms with van der Waals surface area (Å²) in [4.78, 5) is 0. The van der Waals surface area contributed by atoms with E-state index in [4.69, 9.17) is 4.42 Å². The maximum absolute atomic E-state index is 4.98. The highest BCUT2D eigenvalue weighted by molar-refractivity contribution is 7.99. The summed E-state index contributed by atoms with van der Waals surface area (Å²) in [5.74, 6) is 1.19. The molecule has 2 nitrogen and oxygen atoms in total. The molecule has 0 spiro atoms. The van der Waals surface area contributed by atoms with Crippen LogP contribution in [0.25, 0.3) is 0 Å². The molecule has 14 heavy (non-hydrogen) atoms. The molecule has 0 bridgehead atoms. The second-order valence-corrected chi connectivity index (χ2v) is 4.94. The average molecular weight is 213 g/mol. The summed E-state index contributed by atoms with van der Waals surface area (Å²) < 4.78 is 4.98. The van der Waals surface area contributed by atoms with E-state index in [0.717, 1.165) is 18.3 Å². The minimum Gasteiger partial charge on any atom is -0.472 e. The first kappa shape index (κ1) is 11.7. The predicted molar refractivity (Wildman–Crippen MR) is 62.6 cm³/mol. The Kier molecular flexibility index (Phi) is 5.80. The van der Waals surface area contributed by atoms with Gasteiger partial charge in [0.05, 0.1) is 12.5 Å². The maximum Gasteiger partial charge on any atom is 0.0947 e. The molecule has 0 aliphatic carbocycles. The van der Waals surface area contributed by atoms with Crippen molar-refractivity contribution in [1.82, 2.24) is 5.32 Å². The van der Waals surface area contributed by atoms with Crippen molar-refractivity contribution in [3.05, 3.63) is 24.2 Å². The smallest absolute Gasteiger partial charge is 0.0947 e. The molecular weight excluding hydrogens is 194 g/mol.